The molecule has 1 fully saturated rings. The van der Waals surface area contributed by atoms with Gasteiger partial charge in [-0.15, -0.1) is 0 Å². The first kappa shape index (κ1) is 22.0. The summed E-state index contributed by atoms with van der Waals surface area (Å²) in [5, 5.41) is 3.09. The standard InChI is InChI=1S/C25H32N2O3/c1-5-30-22-11-9-20(10-12-22)24(28)21-13-15-27(16-14-21)19(4)25(29)26-23-17(2)7-6-8-18(23)3/h6-12,19,21H,5,13-16H2,1-4H3,(H,26,29)/t19-/m1/s1. The van der Waals surface area contributed by atoms with Gasteiger partial charge in [0.25, 0.3) is 0 Å². The molecule has 160 valence electrons. The van der Waals surface area contributed by atoms with E-state index >= 15 is 0 Å². The summed E-state index contributed by atoms with van der Waals surface area (Å²) < 4.78 is 5.45. The first-order chi connectivity index (χ1) is 14.4. The number of nitrogens with one attached hydrogen (secondary N) is 1. The van der Waals surface area contributed by atoms with Crippen LogP contribution in [0.2, 0.25) is 0 Å². The Hall–Kier alpha value is -2.66. The maximum atomic E-state index is 12.9. The van der Waals surface area contributed by atoms with Crippen LogP contribution in [0.15, 0.2) is 42.5 Å². The monoisotopic (exact) mass is 408 g/mol. The molecular weight excluding hydrogens is 376 g/mol. The minimum Gasteiger partial charge on any atom is -0.494 e. The summed E-state index contributed by atoms with van der Waals surface area (Å²) in [4.78, 5) is 27.8. The van der Waals surface area contributed by atoms with Crippen LogP contribution in [0.25, 0.3) is 0 Å². The van der Waals surface area contributed by atoms with Crippen molar-refractivity contribution in [1.82, 2.24) is 4.90 Å². The van der Waals surface area contributed by atoms with Gasteiger partial charge >= 0.3 is 0 Å². The predicted molar refractivity (Wildman–Crippen MR) is 120 cm³/mol. The Labute approximate surface area is 179 Å². The van der Waals surface area contributed by atoms with E-state index in [-0.39, 0.29) is 23.7 Å². The highest BCUT2D eigenvalue weighted by molar-refractivity contribution is 5.98. The molecule has 0 radical (unpaired) electrons. The largest absolute Gasteiger partial charge is 0.494 e. The number of rotatable bonds is 7. The van der Waals surface area contributed by atoms with Crippen molar-refractivity contribution >= 4 is 17.4 Å². The molecule has 1 N–H and O–H groups in total. The van der Waals surface area contributed by atoms with Crippen LogP contribution in [0.3, 0.4) is 0 Å². The van der Waals surface area contributed by atoms with Crippen LogP contribution in [0.1, 0.15) is 48.2 Å². The van der Waals surface area contributed by atoms with E-state index in [1.165, 1.54) is 0 Å². The number of Topliss-reactive ketones (excluding diaryl/α,β-unsaturated/α-hetero) is 1. The minimum absolute atomic E-state index is 0.00342. The smallest absolute Gasteiger partial charge is 0.241 e. The van der Waals surface area contributed by atoms with E-state index in [0.717, 1.165) is 54.1 Å². The molecule has 1 saturated heterocycles. The third kappa shape index (κ3) is 5.08. The number of piperidine rings is 1. The minimum atomic E-state index is -0.231. The number of para-hydroxylation sites is 1. The van der Waals surface area contributed by atoms with Crippen LogP contribution in [0.5, 0.6) is 5.75 Å². The molecule has 0 aliphatic carbocycles. The summed E-state index contributed by atoms with van der Waals surface area (Å²) >= 11 is 0. The maximum Gasteiger partial charge on any atom is 0.241 e. The molecule has 0 bridgehead atoms. The average molecular weight is 409 g/mol. The van der Waals surface area contributed by atoms with Crippen molar-refractivity contribution in [1.29, 1.82) is 0 Å². The number of hydrogen-bond acceptors (Lipinski definition) is 4. The second-order valence-corrected chi connectivity index (χ2v) is 8.06. The fourth-order valence-electron chi connectivity index (χ4n) is 4.07. The molecular formula is C25H32N2O3. The number of ketones is 1. The Morgan fingerprint density at radius 3 is 2.23 bits per heavy atom. The Balaban J connectivity index is 1.55. The van der Waals surface area contributed by atoms with Crippen LogP contribution >= 0.6 is 0 Å². The Morgan fingerprint density at radius 2 is 1.67 bits per heavy atom. The fourth-order valence-corrected chi connectivity index (χ4v) is 4.07. The third-order valence-electron chi connectivity index (χ3n) is 6.01. The Kier molecular flexibility index (Phi) is 7.27. The molecule has 0 spiro atoms. The van der Waals surface area contributed by atoms with Gasteiger partial charge in [-0.1, -0.05) is 18.2 Å². The van der Waals surface area contributed by atoms with Crippen molar-refractivity contribution in [3.05, 3.63) is 59.2 Å². The highest BCUT2D eigenvalue weighted by atomic mass is 16.5. The number of benzene rings is 2. The number of carbonyl (C=O) groups is 2. The molecule has 1 aliphatic heterocycles. The van der Waals surface area contributed by atoms with E-state index in [9.17, 15) is 9.59 Å². The first-order valence-corrected chi connectivity index (χ1v) is 10.8. The predicted octanol–water partition coefficient (Wildman–Crippen LogP) is 4.62. The van der Waals surface area contributed by atoms with E-state index in [4.69, 9.17) is 4.74 Å². The number of anilines is 1. The summed E-state index contributed by atoms with van der Waals surface area (Å²) in [6.07, 6.45) is 1.54. The van der Waals surface area contributed by atoms with Gasteiger partial charge in [0.15, 0.2) is 5.78 Å². The second kappa shape index (κ2) is 9.90. The molecule has 5 nitrogen and oxygen atoms in total. The van der Waals surface area contributed by atoms with Crippen LogP contribution in [-0.2, 0) is 4.79 Å². The number of carbonyl (C=O) groups excluding carboxylic acids is 2. The molecule has 1 amide bonds. The number of aryl methyl sites for hydroxylation is 2. The van der Waals surface area contributed by atoms with Gasteiger partial charge in [-0.2, -0.15) is 0 Å². The van der Waals surface area contributed by atoms with Crippen LogP contribution in [-0.4, -0.2) is 42.3 Å². The summed E-state index contributed by atoms with van der Waals surface area (Å²) in [6.45, 7) is 9.99. The second-order valence-electron chi connectivity index (χ2n) is 8.06. The molecule has 0 aromatic heterocycles. The molecule has 1 heterocycles. The molecule has 1 atom stereocenters. The zero-order valence-corrected chi connectivity index (χ0v) is 18.4. The zero-order valence-electron chi connectivity index (χ0n) is 18.4. The quantitative estimate of drug-likeness (QED) is 0.679. The van der Waals surface area contributed by atoms with Crippen molar-refractivity contribution < 1.29 is 14.3 Å². The van der Waals surface area contributed by atoms with Crippen LogP contribution in [0, 0.1) is 19.8 Å². The Morgan fingerprint density at radius 1 is 1.07 bits per heavy atom. The van der Waals surface area contributed by atoms with E-state index in [1.807, 2.05) is 70.2 Å². The highest BCUT2D eigenvalue weighted by Crippen LogP contribution is 2.25. The summed E-state index contributed by atoms with van der Waals surface area (Å²) in [6, 6.07) is 13.2. The highest BCUT2D eigenvalue weighted by Gasteiger charge is 2.30. The lowest BCUT2D eigenvalue weighted by atomic mass is 9.88. The van der Waals surface area contributed by atoms with Crippen molar-refractivity contribution in [3.8, 4) is 5.75 Å². The molecule has 5 heteroatoms. The summed E-state index contributed by atoms with van der Waals surface area (Å²) in [5.41, 5.74) is 3.76. The molecule has 3 rings (SSSR count). The van der Waals surface area contributed by atoms with Gasteiger partial charge in [0.05, 0.1) is 12.6 Å². The molecule has 2 aromatic carbocycles. The first-order valence-electron chi connectivity index (χ1n) is 10.8. The maximum absolute atomic E-state index is 12.9. The van der Waals surface area contributed by atoms with E-state index in [0.29, 0.717) is 6.61 Å². The van der Waals surface area contributed by atoms with Gasteiger partial charge in [0, 0.05) is 17.2 Å². The average Bonchev–Trinajstić information content (AvgIpc) is 2.76. The summed E-state index contributed by atoms with van der Waals surface area (Å²) in [5.74, 6) is 0.981. The van der Waals surface area contributed by atoms with Gasteiger partial charge in [0.2, 0.25) is 5.91 Å². The van der Waals surface area contributed by atoms with E-state index in [2.05, 4.69) is 10.2 Å². The lowest BCUT2D eigenvalue weighted by Gasteiger charge is -2.35. The number of ether oxygens (including phenoxy) is 1. The SMILES string of the molecule is CCOc1ccc(C(=O)C2CCN([C@H](C)C(=O)Nc3c(C)cccc3C)CC2)cc1. The number of amides is 1. The number of nitrogens with zero attached hydrogens (tertiary/aromatic N) is 1. The number of hydrogen-bond donors (Lipinski definition) is 1. The summed E-state index contributed by atoms with van der Waals surface area (Å²) in [7, 11) is 0. The van der Waals surface area contributed by atoms with Crippen molar-refractivity contribution in [2.24, 2.45) is 5.92 Å². The van der Waals surface area contributed by atoms with Gasteiger partial charge in [0.1, 0.15) is 5.75 Å². The van der Waals surface area contributed by atoms with Crippen LogP contribution in [0.4, 0.5) is 5.69 Å². The Bertz CT molecular complexity index is 864. The normalized spacial score (nSPS) is 16.1. The van der Waals surface area contributed by atoms with Crippen molar-refractivity contribution in [2.45, 2.75) is 46.6 Å². The van der Waals surface area contributed by atoms with Gasteiger partial charge in [-0.25, -0.2) is 0 Å². The molecule has 30 heavy (non-hydrogen) atoms. The molecule has 1 aliphatic rings. The van der Waals surface area contributed by atoms with E-state index < -0.39 is 0 Å². The van der Waals surface area contributed by atoms with Crippen molar-refractivity contribution in [3.63, 3.8) is 0 Å². The van der Waals surface area contributed by atoms with E-state index in [1.54, 1.807) is 0 Å². The lowest BCUT2D eigenvalue weighted by molar-refractivity contribution is -0.121. The third-order valence-corrected chi connectivity index (χ3v) is 6.01. The van der Waals surface area contributed by atoms with Gasteiger partial charge < -0.3 is 10.1 Å². The van der Waals surface area contributed by atoms with Crippen molar-refractivity contribution in [2.75, 3.05) is 25.0 Å². The molecule has 0 saturated carbocycles. The lowest BCUT2D eigenvalue weighted by Crippen LogP contribution is -2.47. The zero-order chi connectivity index (χ0) is 21.7. The number of likely N-dealkylation sites (tertiary alicyclic amines) is 1. The molecule has 0 unspecified atom stereocenters. The molecule has 2 aromatic rings. The van der Waals surface area contributed by atoms with Gasteiger partial charge in [-0.05, 0) is 89.0 Å². The van der Waals surface area contributed by atoms with Gasteiger partial charge in [-0.3, -0.25) is 14.5 Å². The fraction of sp³-hybridized carbons (Fsp3) is 0.440. The van der Waals surface area contributed by atoms with Crippen LogP contribution < -0.4 is 10.1 Å². The topological polar surface area (TPSA) is 58.6 Å².